The number of nitrogens with zero attached hydrogens (tertiary/aromatic N) is 4. The second-order valence-electron chi connectivity index (χ2n) is 8.80. The van der Waals surface area contributed by atoms with Gasteiger partial charge in [0, 0.05) is 30.5 Å². The van der Waals surface area contributed by atoms with Crippen LogP contribution >= 0.6 is 34.9 Å². The van der Waals surface area contributed by atoms with Gasteiger partial charge >= 0.3 is 0 Å². The van der Waals surface area contributed by atoms with Gasteiger partial charge < -0.3 is 9.64 Å². The average molecular weight is 475 g/mol. The maximum absolute atomic E-state index is 6.28. The van der Waals surface area contributed by atoms with Gasteiger partial charge in [-0.2, -0.15) is 0 Å². The van der Waals surface area contributed by atoms with E-state index in [1.807, 2.05) is 11.8 Å². The molecule has 0 radical (unpaired) electrons. The average Bonchev–Trinajstić information content (AvgIpc) is 3.12. The summed E-state index contributed by atoms with van der Waals surface area (Å²) in [7, 11) is 0. The minimum Gasteiger partial charge on any atom is -0.370 e. The molecule has 0 bridgehead atoms. The SMILES string of the molecule is CCSc1nc(SCC)c2sc3nc(N4CCCCC4)c4c(c3c2n1)CC(C)(C)OC4. The number of hydrogen-bond acceptors (Lipinski definition) is 8. The maximum Gasteiger partial charge on any atom is 0.189 e. The third kappa shape index (κ3) is 4.05. The van der Waals surface area contributed by atoms with E-state index in [2.05, 4.69) is 32.6 Å². The summed E-state index contributed by atoms with van der Waals surface area (Å²) in [6, 6.07) is 0. The van der Waals surface area contributed by atoms with Gasteiger partial charge in [-0.25, -0.2) is 15.0 Å². The Morgan fingerprint density at radius 1 is 1.00 bits per heavy atom. The summed E-state index contributed by atoms with van der Waals surface area (Å²) in [4.78, 5) is 18.8. The molecule has 5 heterocycles. The third-order valence-corrected chi connectivity index (χ3v) is 8.82. The third-order valence-electron chi connectivity index (χ3n) is 6.03. The number of aromatic nitrogens is 3. The monoisotopic (exact) mass is 474 g/mol. The second kappa shape index (κ2) is 8.69. The lowest BCUT2D eigenvalue weighted by Gasteiger charge is -2.36. The maximum atomic E-state index is 6.28. The summed E-state index contributed by atoms with van der Waals surface area (Å²) in [6.07, 6.45) is 4.70. The largest absolute Gasteiger partial charge is 0.370 e. The van der Waals surface area contributed by atoms with E-state index in [9.17, 15) is 0 Å². The summed E-state index contributed by atoms with van der Waals surface area (Å²) in [5, 5.41) is 3.22. The van der Waals surface area contributed by atoms with E-state index in [1.54, 1.807) is 23.1 Å². The minimum atomic E-state index is -0.177. The summed E-state index contributed by atoms with van der Waals surface area (Å²) < 4.78 is 7.47. The van der Waals surface area contributed by atoms with Crippen molar-refractivity contribution in [2.24, 2.45) is 0 Å². The zero-order valence-corrected chi connectivity index (χ0v) is 21.2. The first-order valence-electron chi connectivity index (χ1n) is 11.3. The first-order valence-corrected chi connectivity index (χ1v) is 14.1. The van der Waals surface area contributed by atoms with Gasteiger partial charge in [-0.15, -0.1) is 23.1 Å². The molecule has 3 aromatic heterocycles. The molecule has 1 fully saturated rings. The molecular formula is C23H30N4OS3. The Balaban J connectivity index is 1.80. The highest BCUT2D eigenvalue weighted by molar-refractivity contribution is 8.00. The fraction of sp³-hybridized carbons (Fsp3) is 0.609. The van der Waals surface area contributed by atoms with E-state index < -0.39 is 0 Å². The summed E-state index contributed by atoms with van der Waals surface area (Å²) in [5.74, 6) is 3.12. The number of thioether (sulfide) groups is 2. The summed E-state index contributed by atoms with van der Waals surface area (Å²) >= 11 is 5.31. The van der Waals surface area contributed by atoms with E-state index in [4.69, 9.17) is 19.7 Å². The molecule has 166 valence electrons. The molecule has 1 saturated heterocycles. The number of rotatable bonds is 5. The number of thiophene rings is 1. The van der Waals surface area contributed by atoms with Gasteiger partial charge in [0.15, 0.2) is 5.16 Å². The first-order chi connectivity index (χ1) is 15.0. The summed E-state index contributed by atoms with van der Waals surface area (Å²) in [5.41, 5.74) is 3.59. The molecule has 0 aromatic carbocycles. The number of pyridine rings is 1. The molecule has 2 aliphatic heterocycles. The minimum absolute atomic E-state index is 0.177. The lowest BCUT2D eigenvalue weighted by molar-refractivity contribution is -0.0395. The Labute approximate surface area is 196 Å². The fourth-order valence-corrected chi connectivity index (χ4v) is 7.21. The van der Waals surface area contributed by atoms with Crippen molar-refractivity contribution in [3.05, 3.63) is 11.1 Å². The standard InChI is InChI=1S/C23H30N4OS3/c1-5-29-21-18-17(24-22(26-21)30-6-2)16-14-12-23(3,4)28-13-15(14)19(25-20(16)31-18)27-10-8-7-9-11-27/h5-13H2,1-4H3. The molecule has 0 N–H and O–H groups in total. The Morgan fingerprint density at radius 2 is 1.77 bits per heavy atom. The Hall–Kier alpha value is -1.09. The van der Waals surface area contributed by atoms with Crippen LogP contribution in [-0.4, -0.2) is 45.1 Å². The number of fused-ring (bicyclic) bond motifs is 5. The molecule has 31 heavy (non-hydrogen) atoms. The normalized spacial score (nSPS) is 18.6. The van der Waals surface area contributed by atoms with Crippen LogP contribution in [0.25, 0.3) is 20.4 Å². The quantitative estimate of drug-likeness (QED) is 0.244. The molecule has 5 nitrogen and oxygen atoms in total. The van der Waals surface area contributed by atoms with Gasteiger partial charge in [0.1, 0.15) is 15.7 Å². The molecule has 0 unspecified atom stereocenters. The van der Waals surface area contributed by atoms with Gasteiger partial charge in [0.05, 0.1) is 22.4 Å². The van der Waals surface area contributed by atoms with Crippen molar-refractivity contribution in [1.29, 1.82) is 0 Å². The van der Waals surface area contributed by atoms with E-state index in [0.29, 0.717) is 6.61 Å². The van der Waals surface area contributed by atoms with Gasteiger partial charge in [-0.3, -0.25) is 0 Å². The molecule has 2 aliphatic rings. The molecule has 0 amide bonds. The van der Waals surface area contributed by atoms with Gasteiger partial charge in [0.2, 0.25) is 0 Å². The van der Waals surface area contributed by atoms with E-state index in [-0.39, 0.29) is 5.60 Å². The Kier molecular flexibility index (Phi) is 6.09. The molecule has 5 rings (SSSR count). The van der Waals surface area contributed by atoms with Crippen molar-refractivity contribution in [1.82, 2.24) is 15.0 Å². The highest BCUT2D eigenvalue weighted by Gasteiger charge is 2.33. The van der Waals surface area contributed by atoms with E-state index >= 15 is 0 Å². The smallest absolute Gasteiger partial charge is 0.189 e. The van der Waals surface area contributed by atoms with Crippen molar-refractivity contribution < 1.29 is 4.74 Å². The van der Waals surface area contributed by atoms with Crippen molar-refractivity contribution in [2.75, 3.05) is 29.5 Å². The lowest BCUT2D eigenvalue weighted by atomic mass is 9.90. The van der Waals surface area contributed by atoms with Crippen LogP contribution in [-0.2, 0) is 17.8 Å². The van der Waals surface area contributed by atoms with E-state index in [1.165, 1.54) is 40.5 Å². The topological polar surface area (TPSA) is 51.1 Å². The van der Waals surface area contributed by atoms with Crippen LogP contribution in [0.4, 0.5) is 5.82 Å². The molecule has 3 aromatic rings. The highest BCUT2D eigenvalue weighted by Crippen LogP contribution is 2.45. The van der Waals surface area contributed by atoms with Crippen LogP contribution in [0.15, 0.2) is 10.2 Å². The number of anilines is 1. The van der Waals surface area contributed by atoms with Crippen molar-refractivity contribution >= 4 is 61.1 Å². The fourth-order valence-electron chi connectivity index (χ4n) is 4.61. The van der Waals surface area contributed by atoms with Crippen LogP contribution in [0.2, 0.25) is 0 Å². The highest BCUT2D eigenvalue weighted by atomic mass is 32.2. The number of hydrogen-bond donors (Lipinski definition) is 0. The first kappa shape index (κ1) is 21.7. The van der Waals surface area contributed by atoms with Crippen LogP contribution in [0.1, 0.15) is 58.1 Å². The van der Waals surface area contributed by atoms with Crippen molar-refractivity contribution in [3.63, 3.8) is 0 Å². The van der Waals surface area contributed by atoms with Crippen molar-refractivity contribution in [3.8, 4) is 0 Å². The molecule has 0 atom stereocenters. The lowest BCUT2D eigenvalue weighted by Crippen LogP contribution is -2.36. The second-order valence-corrected chi connectivity index (χ2v) is 12.3. The van der Waals surface area contributed by atoms with Crippen LogP contribution < -0.4 is 4.90 Å². The predicted octanol–water partition coefficient (Wildman–Crippen LogP) is 6.31. The van der Waals surface area contributed by atoms with Crippen LogP contribution in [0.3, 0.4) is 0 Å². The number of piperidine rings is 1. The zero-order valence-electron chi connectivity index (χ0n) is 18.8. The predicted molar refractivity (Wildman–Crippen MR) is 134 cm³/mol. The van der Waals surface area contributed by atoms with Crippen molar-refractivity contribution in [2.45, 2.75) is 75.8 Å². The summed E-state index contributed by atoms with van der Waals surface area (Å²) in [6.45, 7) is 11.6. The Morgan fingerprint density at radius 3 is 2.52 bits per heavy atom. The Bertz CT molecular complexity index is 1120. The van der Waals surface area contributed by atoms with Crippen LogP contribution in [0, 0.1) is 0 Å². The molecule has 8 heteroatoms. The van der Waals surface area contributed by atoms with Crippen LogP contribution in [0.5, 0.6) is 0 Å². The molecular weight excluding hydrogens is 444 g/mol. The van der Waals surface area contributed by atoms with Gasteiger partial charge in [-0.1, -0.05) is 25.6 Å². The molecule has 0 aliphatic carbocycles. The molecule has 0 saturated carbocycles. The van der Waals surface area contributed by atoms with Gasteiger partial charge in [0.25, 0.3) is 0 Å². The number of ether oxygens (including phenoxy) is 1. The molecule has 0 spiro atoms. The van der Waals surface area contributed by atoms with Gasteiger partial charge in [-0.05, 0) is 50.2 Å². The zero-order chi connectivity index (χ0) is 21.6. The van der Waals surface area contributed by atoms with E-state index in [0.717, 1.165) is 57.4 Å².